The predicted molar refractivity (Wildman–Crippen MR) is 82.5 cm³/mol. The van der Waals surface area contributed by atoms with Crippen LogP contribution in [0.4, 0.5) is 0 Å². The third-order valence-electron chi connectivity index (χ3n) is 3.38. The van der Waals surface area contributed by atoms with Gasteiger partial charge in [-0.15, -0.1) is 0 Å². The highest BCUT2D eigenvalue weighted by Gasteiger charge is 2.15. The molecule has 1 saturated carbocycles. The van der Waals surface area contributed by atoms with Crippen LogP contribution in [0.15, 0.2) is 18.2 Å². The molecule has 0 radical (unpaired) electrons. The monoisotopic (exact) mass is 275 g/mol. The van der Waals surface area contributed by atoms with Gasteiger partial charge < -0.3 is 10.5 Å². The largest absolute Gasteiger partial charge is 0.495 e. The lowest BCUT2D eigenvalue weighted by Gasteiger charge is -2.10. The van der Waals surface area contributed by atoms with Crippen LogP contribution in [0.1, 0.15) is 36.8 Å². The number of ether oxygens (including phenoxy) is 1. The quantitative estimate of drug-likeness (QED) is 0.857. The molecular weight excluding hydrogens is 254 g/mol. The van der Waals surface area contributed by atoms with Gasteiger partial charge in [0, 0.05) is 11.0 Å². The van der Waals surface area contributed by atoms with Crippen molar-refractivity contribution in [1.82, 2.24) is 0 Å². The molecule has 1 aromatic rings. The molecule has 19 heavy (non-hydrogen) atoms. The Bertz CT molecular complexity index is 469. The average Bonchev–Trinajstić information content (AvgIpc) is 2.96. The molecule has 0 heterocycles. The number of nitrogens with two attached hydrogens (primary N) is 1. The van der Waals surface area contributed by atoms with Crippen LogP contribution in [0.3, 0.4) is 0 Å². The Hall–Kier alpha value is -1.11. The highest BCUT2D eigenvalue weighted by atomic mass is 32.2. The van der Waals surface area contributed by atoms with Crippen molar-refractivity contribution in [3.8, 4) is 17.6 Å². The summed E-state index contributed by atoms with van der Waals surface area (Å²) in [7, 11) is 1.68. The first-order valence-corrected chi connectivity index (χ1v) is 7.86. The molecule has 0 amide bonds. The summed E-state index contributed by atoms with van der Waals surface area (Å²) in [5, 5.41) is 0.848. The van der Waals surface area contributed by atoms with Crippen LogP contribution in [0.2, 0.25) is 0 Å². The van der Waals surface area contributed by atoms with E-state index >= 15 is 0 Å². The van der Waals surface area contributed by atoms with Gasteiger partial charge in [-0.2, -0.15) is 11.8 Å². The molecule has 102 valence electrons. The normalized spacial score (nSPS) is 15.1. The van der Waals surface area contributed by atoms with E-state index in [0.717, 1.165) is 22.3 Å². The predicted octanol–water partition coefficient (Wildman–Crippen LogP) is 3.18. The zero-order valence-electron chi connectivity index (χ0n) is 11.4. The summed E-state index contributed by atoms with van der Waals surface area (Å²) in [6, 6.07) is 6.27. The Morgan fingerprint density at radius 2 is 2.16 bits per heavy atom. The third kappa shape index (κ3) is 4.19. The lowest BCUT2D eigenvalue weighted by molar-refractivity contribution is 0.413. The van der Waals surface area contributed by atoms with Crippen LogP contribution >= 0.6 is 11.8 Å². The van der Waals surface area contributed by atoms with Crippen molar-refractivity contribution in [3.63, 3.8) is 0 Å². The maximum atomic E-state index is 5.43. The van der Waals surface area contributed by atoms with E-state index in [1.807, 2.05) is 6.07 Å². The molecular formula is C16H21NOS. The first-order chi connectivity index (χ1) is 9.33. The van der Waals surface area contributed by atoms with Crippen LogP contribution < -0.4 is 10.5 Å². The van der Waals surface area contributed by atoms with Crippen LogP contribution in [-0.2, 0) is 5.75 Å². The van der Waals surface area contributed by atoms with Crippen molar-refractivity contribution >= 4 is 11.8 Å². The van der Waals surface area contributed by atoms with Crippen LogP contribution in [-0.4, -0.2) is 18.9 Å². The topological polar surface area (TPSA) is 35.2 Å². The third-order valence-corrected chi connectivity index (χ3v) is 4.82. The zero-order valence-corrected chi connectivity index (χ0v) is 12.3. The molecule has 0 bridgehead atoms. The van der Waals surface area contributed by atoms with Crippen molar-refractivity contribution in [2.24, 2.45) is 5.73 Å². The molecule has 0 spiro atoms. The maximum Gasteiger partial charge on any atom is 0.134 e. The van der Waals surface area contributed by atoms with Crippen molar-refractivity contribution in [1.29, 1.82) is 0 Å². The van der Waals surface area contributed by atoms with E-state index in [4.69, 9.17) is 10.5 Å². The molecule has 0 saturated heterocycles. The Morgan fingerprint density at radius 3 is 2.84 bits per heavy atom. The van der Waals surface area contributed by atoms with Crippen molar-refractivity contribution < 1.29 is 4.74 Å². The Kier molecular flexibility index (Phi) is 5.62. The van der Waals surface area contributed by atoms with Crippen molar-refractivity contribution in [2.45, 2.75) is 36.7 Å². The van der Waals surface area contributed by atoms with Gasteiger partial charge >= 0.3 is 0 Å². The zero-order chi connectivity index (χ0) is 13.5. The van der Waals surface area contributed by atoms with Gasteiger partial charge in [0.1, 0.15) is 5.75 Å². The molecule has 0 aliphatic heterocycles. The first kappa shape index (κ1) is 14.3. The van der Waals surface area contributed by atoms with Gasteiger partial charge in [0.05, 0.1) is 19.2 Å². The summed E-state index contributed by atoms with van der Waals surface area (Å²) in [6.45, 7) is 0.379. The number of benzene rings is 1. The van der Waals surface area contributed by atoms with Crippen LogP contribution in [0, 0.1) is 11.8 Å². The Morgan fingerprint density at radius 1 is 1.37 bits per heavy atom. The fourth-order valence-electron chi connectivity index (χ4n) is 2.36. The number of methoxy groups -OCH3 is 1. The summed E-state index contributed by atoms with van der Waals surface area (Å²) in [6.07, 6.45) is 5.54. The van der Waals surface area contributed by atoms with Crippen molar-refractivity contribution in [2.75, 3.05) is 13.7 Å². The fourth-order valence-corrected chi connectivity index (χ4v) is 3.63. The van der Waals surface area contributed by atoms with E-state index < -0.39 is 0 Å². The van der Waals surface area contributed by atoms with Gasteiger partial charge in [0.2, 0.25) is 0 Å². The summed E-state index contributed by atoms with van der Waals surface area (Å²) in [5.41, 5.74) is 7.69. The molecule has 2 rings (SSSR count). The first-order valence-electron chi connectivity index (χ1n) is 6.81. The van der Waals surface area contributed by atoms with Gasteiger partial charge in [-0.25, -0.2) is 0 Å². The van der Waals surface area contributed by atoms with E-state index in [2.05, 4.69) is 35.7 Å². The molecule has 1 fully saturated rings. The highest BCUT2D eigenvalue weighted by Crippen LogP contribution is 2.32. The minimum absolute atomic E-state index is 0.379. The van der Waals surface area contributed by atoms with Gasteiger partial charge in [0.15, 0.2) is 0 Å². The standard InChI is InChI=1S/C16H21NOS/c1-18-16-9-8-13(11-14(16)5-4-10-17)12-19-15-6-2-3-7-15/h8-9,11,15H,2-3,6-7,10,12,17H2,1H3. The Labute approximate surface area is 120 Å². The van der Waals surface area contributed by atoms with Gasteiger partial charge in [-0.3, -0.25) is 0 Å². The van der Waals surface area contributed by atoms with Gasteiger partial charge in [-0.05, 0) is 30.5 Å². The molecule has 2 nitrogen and oxygen atoms in total. The minimum Gasteiger partial charge on any atom is -0.495 e. The number of hydrogen-bond acceptors (Lipinski definition) is 3. The number of rotatable bonds is 4. The second kappa shape index (κ2) is 7.47. The molecule has 1 aliphatic rings. The molecule has 0 atom stereocenters. The molecule has 0 aromatic heterocycles. The lowest BCUT2D eigenvalue weighted by atomic mass is 10.1. The number of hydrogen-bond donors (Lipinski definition) is 1. The van der Waals surface area contributed by atoms with E-state index in [9.17, 15) is 0 Å². The van der Waals surface area contributed by atoms with Crippen molar-refractivity contribution in [3.05, 3.63) is 29.3 Å². The van der Waals surface area contributed by atoms with Gasteiger partial charge in [0.25, 0.3) is 0 Å². The minimum atomic E-state index is 0.379. The summed E-state index contributed by atoms with van der Waals surface area (Å²) >= 11 is 2.07. The molecule has 0 unspecified atom stereocenters. The molecule has 2 N–H and O–H groups in total. The smallest absolute Gasteiger partial charge is 0.134 e. The molecule has 1 aliphatic carbocycles. The number of thioether (sulfide) groups is 1. The SMILES string of the molecule is COc1ccc(CSC2CCCC2)cc1C#CCN. The van der Waals surface area contributed by atoms with Crippen LogP contribution in [0.25, 0.3) is 0 Å². The maximum absolute atomic E-state index is 5.43. The molecule has 1 aromatic carbocycles. The average molecular weight is 275 g/mol. The lowest BCUT2D eigenvalue weighted by Crippen LogP contribution is -1.97. The Balaban J connectivity index is 2.03. The molecule has 3 heteroatoms. The van der Waals surface area contributed by atoms with Gasteiger partial charge in [-0.1, -0.05) is 30.7 Å². The highest BCUT2D eigenvalue weighted by molar-refractivity contribution is 7.99. The van der Waals surface area contributed by atoms with E-state index in [1.54, 1.807) is 7.11 Å². The van der Waals surface area contributed by atoms with E-state index in [0.29, 0.717) is 6.54 Å². The summed E-state index contributed by atoms with van der Waals surface area (Å²) in [4.78, 5) is 0. The van der Waals surface area contributed by atoms with E-state index in [1.165, 1.54) is 31.2 Å². The fraction of sp³-hybridized carbons (Fsp3) is 0.500. The second-order valence-electron chi connectivity index (χ2n) is 4.76. The summed E-state index contributed by atoms with van der Waals surface area (Å²) < 4.78 is 5.33. The van der Waals surface area contributed by atoms with E-state index in [-0.39, 0.29) is 0 Å². The van der Waals surface area contributed by atoms with Crippen LogP contribution in [0.5, 0.6) is 5.75 Å². The second-order valence-corrected chi connectivity index (χ2v) is 6.05. The summed E-state index contributed by atoms with van der Waals surface area (Å²) in [5.74, 6) is 7.87.